The summed E-state index contributed by atoms with van der Waals surface area (Å²) in [6, 6.07) is 4.37. The van der Waals surface area contributed by atoms with Gasteiger partial charge in [0.15, 0.2) is 0 Å². The highest BCUT2D eigenvalue weighted by atomic mass is 19.1. The van der Waals surface area contributed by atoms with Gasteiger partial charge in [-0.05, 0) is 25.0 Å². The molecule has 4 nitrogen and oxygen atoms in total. The van der Waals surface area contributed by atoms with Crippen LogP contribution in [-0.2, 0) is 0 Å². The molecule has 0 unspecified atom stereocenters. The highest BCUT2D eigenvalue weighted by molar-refractivity contribution is 5.63. The number of nitro benzene ring substituents is 1. The van der Waals surface area contributed by atoms with Crippen LogP contribution in [0.25, 0.3) is 0 Å². The first-order chi connectivity index (χ1) is 8.02. The standard InChI is InChI=1S/C12H17FN2O2/c1-4-9(5-2)14(3)11-8-6-7-10(13)12(11)15(16)17/h6-9H,4-5H2,1-3H3. The summed E-state index contributed by atoms with van der Waals surface area (Å²) in [5.41, 5.74) is -0.106. The third-order valence-electron chi connectivity index (χ3n) is 3.02. The van der Waals surface area contributed by atoms with Crippen LogP contribution in [0, 0.1) is 15.9 Å². The number of benzene rings is 1. The molecule has 0 aliphatic rings. The molecule has 0 atom stereocenters. The molecule has 1 rings (SSSR count). The maximum atomic E-state index is 13.5. The lowest BCUT2D eigenvalue weighted by Gasteiger charge is -2.27. The van der Waals surface area contributed by atoms with Gasteiger partial charge in [0, 0.05) is 13.1 Å². The smallest absolute Gasteiger partial charge is 0.327 e. The van der Waals surface area contributed by atoms with Crippen molar-refractivity contribution in [1.29, 1.82) is 0 Å². The maximum absolute atomic E-state index is 13.5. The van der Waals surface area contributed by atoms with Gasteiger partial charge in [0.05, 0.1) is 4.92 Å². The molecule has 0 bridgehead atoms. The topological polar surface area (TPSA) is 46.4 Å². The maximum Gasteiger partial charge on any atom is 0.327 e. The summed E-state index contributed by atoms with van der Waals surface area (Å²) in [5, 5.41) is 10.9. The Labute approximate surface area is 100 Å². The minimum Gasteiger partial charge on any atom is -0.366 e. The van der Waals surface area contributed by atoms with Gasteiger partial charge < -0.3 is 4.90 Å². The second-order valence-corrected chi connectivity index (χ2v) is 3.95. The van der Waals surface area contributed by atoms with Crippen molar-refractivity contribution in [2.45, 2.75) is 32.7 Å². The van der Waals surface area contributed by atoms with Crippen LogP contribution in [0.4, 0.5) is 15.8 Å². The number of para-hydroxylation sites is 1. The zero-order chi connectivity index (χ0) is 13.0. The van der Waals surface area contributed by atoms with Gasteiger partial charge in [-0.1, -0.05) is 19.9 Å². The van der Waals surface area contributed by atoms with Crippen LogP contribution >= 0.6 is 0 Å². The Morgan fingerprint density at radius 3 is 2.47 bits per heavy atom. The van der Waals surface area contributed by atoms with Gasteiger partial charge >= 0.3 is 5.69 Å². The zero-order valence-corrected chi connectivity index (χ0v) is 10.3. The molecule has 0 spiro atoms. The molecule has 17 heavy (non-hydrogen) atoms. The molecular weight excluding hydrogens is 223 g/mol. The largest absolute Gasteiger partial charge is 0.366 e. The van der Waals surface area contributed by atoms with Crippen molar-refractivity contribution in [3.05, 3.63) is 34.1 Å². The van der Waals surface area contributed by atoms with Crippen molar-refractivity contribution >= 4 is 11.4 Å². The highest BCUT2D eigenvalue weighted by Crippen LogP contribution is 2.31. The summed E-state index contributed by atoms with van der Waals surface area (Å²) in [4.78, 5) is 12.0. The molecular formula is C12H17FN2O2. The second-order valence-electron chi connectivity index (χ2n) is 3.95. The highest BCUT2D eigenvalue weighted by Gasteiger charge is 2.24. The van der Waals surface area contributed by atoms with E-state index < -0.39 is 16.4 Å². The van der Waals surface area contributed by atoms with Gasteiger partial charge in [0.1, 0.15) is 5.69 Å². The Morgan fingerprint density at radius 2 is 2.00 bits per heavy atom. The number of nitro groups is 1. The molecule has 0 aromatic heterocycles. The van der Waals surface area contributed by atoms with Crippen molar-refractivity contribution in [2.24, 2.45) is 0 Å². The van der Waals surface area contributed by atoms with E-state index in [1.165, 1.54) is 6.07 Å². The van der Waals surface area contributed by atoms with Crippen LogP contribution in [0.15, 0.2) is 18.2 Å². The normalized spacial score (nSPS) is 10.6. The Hall–Kier alpha value is -1.65. The fourth-order valence-corrected chi connectivity index (χ4v) is 2.00. The summed E-state index contributed by atoms with van der Waals surface area (Å²) in [6.45, 7) is 4.02. The molecule has 0 saturated heterocycles. The molecule has 0 radical (unpaired) electrons. The number of halogens is 1. The Kier molecular flexibility index (Phi) is 4.43. The van der Waals surface area contributed by atoms with Crippen LogP contribution in [-0.4, -0.2) is 18.0 Å². The summed E-state index contributed by atoms with van der Waals surface area (Å²) in [5.74, 6) is -0.787. The van der Waals surface area contributed by atoms with Gasteiger partial charge in [-0.2, -0.15) is 4.39 Å². The summed E-state index contributed by atoms with van der Waals surface area (Å²) in [7, 11) is 1.76. The summed E-state index contributed by atoms with van der Waals surface area (Å²) < 4.78 is 13.5. The lowest BCUT2D eigenvalue weighted by molar-refractivity contribution is -0.386. The molecule has 0 aliphatic carbocycles. The van der Waals surface area contributed by atoms with Gasteiger partial charge in [-0.15, -0.1) is 0 Å². The number of rotatable bonds is 5. The van der Waals surface area contributed by atoms with Crippen LogP contribution < -0.4 is 4.90 Å². The van der Waals surface area contributed by atoms with Gasteiger partial charge in [-0.25, -0.2) is 0 Å². The van der Waals surface area contributed by atoms with E-state index in [0.29, 0.717) is 5.69 Å². The first-order valence-electron chi connectivity index (χ1n) is 5.68. The van der Waals surface area contributed by atoms with Crippen LogP contribution in [0.5, 0.6) is 0 Å². The van der Waals surface area contributed by atoms with Crippen molar-refractivity contribution in [3.8, 4) is 0 Å². The fourth-order valence-electron chi connectivity index (χ4n) is 2.00. The van der Waals surface area contributed by atoms with Crippen LogP contribution in [0.1, 0.15) is 26.7 Å². The Balaban J connectivity index is 3.21. The number of hydrogen-bond acceptors (Lipinski definition) is 3. The molecule has 0 fully saturated rings. The molecule has 1 aromatic rings. The molecule has 0 N–H and O–H groups in total. The van der Waals surface area contributed by atoms with Crippen molar-refractivity contribution < 1.29 is 9.31 Å². The molecule has 1 aromatic carbocycles. The van der Waals surface area contributed by atoms with E-state index in [4.69, 9.17) is 0 Å². The minimum atomic E-state index is -0.787. The first kappa shape index (κ1) is 13.4. The Bertz CT molecular complexity index is 405. The van der Waals surface area contributed by atoms with E-state index in [-0.39, 0.29) is 6.04 Å². The fraction of sp³-hybridized carbons (Fsp3) is 0.500. The van der Waals surface area contributed by atoms with Crippen molar-refractivity contribution in [2.75, 3.05) is 11.9 Å². The van der Waals surface area contributed by atoms with E-state index in [2.05, 4.69) is 0 Å². The predicted molar refractivity (Wildman–Crippen MR) is 65.8 cm³/mol. The van der Waals surface area contributed by atoms with Gasteiger partial charge in [0.2, 0.25) is 5.82 Å². The lowest BCUT2D eigenvalue weighted by atomic mass is 10.1. The van der Waals surface area contributed by atoms with Crippen molar-refractivity contribution in [3.63, 3.8) is 0 Å². The Morgan fingerprint density at radius 1 is 1.41 bits per heavy atom. The molecule has 0 amide bonds. The second kappa shape index (κ2) is 5.61. The summed E-state index contributed by atoms with van der Waals surface area (Å²) in [6.07, 6.45) is 1.72. The average Bonchev–Trinajstić information content (AvgIpc) is 2.29. The quantitative estimate of drug-likeness (QED) is 0.585. The molecule has 94 valence electrons. The van der Waals surface area contributed by atoms with E-state index in [9.17, 15) is 14.5 Å². The molecule has 5 heteroatoms. The van der Waals surface area contributed by atoms with Gasteiger partial charge in [-0.3, -0.25) is 10.1 Å². The molecule has 0 heterocycles. The SMILES string of the molecule is CCC(CC)N(C)c1cccc(F)c1[N+](=O)[O-]. The third kappa shape index (κ3) is 2.72. The number of anilines is 1. The van der Waals surface area contributed by atoms with Gasteiger partial charge in [0.25, 0.3) is 0 Å². The van der Waals surface area contributed by atoms with Crippen LogP contribution in [0.3, 0.4) is 0 Å². The van der Waals surface area contributed by atoms with Crippen molar-refractivity contribution in [1.82, 2.24) is 0 Å². The monoisotopic (exact) mass is 240 g/mol. The van der Waals surface area contributed by atoms with Crippen LogP contribution in [0.2, 0.25) is 0 Å². The van der Waals surface area contributed by atoms with E-state index in [0.717, 1.165) is 18.9 Å². The predicted octanol–water partition coefficient (Wildman–Crippen LogP) is 3.36. The number of hydrogen-bond donors (Lipinski definition) is 0. The lowest BCUT2D eigenvalue weighted by Crippen LogP contribution is -2.31. The summed E-state index contributed by atoms with van der Waals surface area (Å²) >= 11 is 0. The zero-order valence-electron chi connectivity index (χ0n) is 10.3. The third-order valence-corrected chi connectivity index (χ3v) is 3.02. The molecule has 0 aliphatic heterocycles. The first-order valence-corrected chi connectivity index (χ1v) is 5.68. The number of nitrogens with zero attached hydrogens (tertiary/aromatic N) is 2. The minimum absolute atomic E-state index is 0.176. The van der Waals surface area contributed by atoms with E-state index in [1.807, 2.05) is 13.8 Å². The van der Waals surface area contributed by atoms with E-state index >= 15 is 0 Å². The average molecular weight is 240 g/mol. The van der Waals surface area contributed by atoms with E-state index in [1.54, 1.807) is 18.0 Å². The molecule has 0 saturated carbocycles.